The van der Waals surface area contributed by atoms with Crippen molar-refractivity contribution in [2.24, 2.45) is 0 Å². The van der Waals surface area contributed by atoms with Crippen LogP contribution in [0.2, 0.25) is 0 Å². The Labute approximate surface area is 202 Å². The largest absolute Gasteiger partial charge is 0.512 e. The molecular weight excluding hydrogens is 579 g/mol. The Bertz CT molecular complexity index is 1290. The molecule has 0 amide bonds. The van der Waals surface area contributed by atoms with Crippen molar-refractivity contribution in [3.8, 4) is 17.0 Å². The van der Waals surface area contributed by atoms with Crippen LogP contribution in [0, 0.1) is 19.9 Å². The number of carbonyl (C=O) groups is 1. The zero-order valence-electron chi connectivity index (χ0n) is 18.8. The maximum Gasteiger partial charge on any atom is 0.155 e. The second-order valence-corrected chi connectivity index (χ2v) is 7.50. The first-order valence-corrected chi connectivity index (χ1v) is 10.0. The van der Waals surface area contributed by atoms with Crippen LogP contribution in [0.1, 0.15) is 25.0 Å². The molecular formula is C27H26IrNO3-. The molecule has 3 aromatic carbocycles. The van der Waals surface area contributed by atoms with Crippen molar-refractivity contribution in [1.82, 2.24) is 4.98 Å². The van der Waals surface area contributed by atoms with E-state index < -0.39 is 0 Å². The number of rotatable bonds is 3. The number of aromatic nitrogens is 1. The van der Waals surface area contributed by atoms with Crippen molar-refractivity contribution in [3.05, 3.63) is 83.6 Å². The number of fused-ring (bicyclic) bond motifs is 2. The molecule has 0 saturated carbocycles. The Balaban J connectivity index is 0.000000398. The third kappa shape index (κ3) is 5.82. The van der Waals surface area contributed by atoms with E-state index in [2.05, 4.69) is 56.3 Å². The minimum absolute atomic E-state index is 0. The Morgan fingerprint density at radius 1 is 1.03 bits per heavy atom. The molecule has 1 N–H and O–H groups in total. The van der Waals surface area contributed by atoms with Gasteiger partial charge in [0.25, 0.3) is 0 Å². The van der Waals surface area contributed by atoms with Crippen molar-refractivity contribution in [2.75, 3.05) is 7.11 Å². The minimum Gasteiger partial charge on any atom is -0.512 e. The van der Waals surface area contributed by atoms with E-state index in [0.717, 1.165) is 22.5 Å². The number of nitrogens with zero attached hydrogens (tertiary/aromatic N) is 1. The third-order valence-electron chi connectivity index (χ3n) is 4.92. The van der Waals surface area contributed by atoms with Crippen molar-refractivity contribution in [1.29, 1.82) is 0 Å². The second-order valence-electron chi connectivity index (χ2n) is 7.50. The third-order valence-corrected chi connectivity index (χ3v) is 4.92. The summed E-state index contributed by atoms with van der Waals surface area (Å²) in [5, 5.41) is 11.9. The van der Waals surface area contributed by atoms with Crippen LogP contribution in [-0.4, -0.2) is 23.0 Å². The molecule has 1 radical (unpaired) electrons. The van der Waals surface area contributed by atoms with E-state index in [1.807, 2.05) is 18.2 Å². The van der Waals surface area contributed by atoms with Gasteiger partial charge in [0.2, 0.25) is 0 Å². The maximum atomic E-state index is 10.0. The van der Waals surface area contributed by atoms with E-state index in [9.17, 15) is 4.79 Å². The number of aliphatic hydroxyl groups is 1. The topological polar surface area (TPSA) is 59.4 Å². The standard InChI is InChI=1S/C22H18NO.C5H8O2.Ir/c1-14-8-11-20(24-3)22-21(14)15(2)12-19(23-22)18-10-9-16-6-4-5-7-17(16)13-18;1-4(6)3-5(2)7;/h4-9,11-13H,1-3H3;3,6H,1-2H3;/q-1;;/b;4-3-;. The van der Waals surface area contributed by atoms with Gasteiger partial charge >= 0.3 is 0 Å². The Hall–Kier alpha value is -3.01. The van der Waals surface area contributed by atoms with Gasteiger partial charge in [0.15, 0.2) is 5.78 Å². The van der Waals surface area contributed by atoms with Gasteiger partial charge in [0.1, 0.15) is 11.3 Å². The van der Waals surface area contributed by atoms with Gasteiger partial charge in [-0.2, -0.15) is 0 Å². The number of ketones is 1. The van der Waals surface area contributed by atoms with Gasteiger partial charge in [-0.15, -0.1) is 29.1 Å². The number of aryl methyl sites for hydroxylation is 2. The number of methoxy groups -OCH3 is 1. The van der Waals surface area contributed by atoms with Crippen molar-refractivity contribution in [2.45, 2.75) is 27.7 Å². The van der Waals surface area contributed by atoms with Gasteiger partial charge in [-0.1, -0.05) is 41.8 Å². The summed E-state index contributed by atoms with van der Waals surface area (Å²) >= 11 is 0. The van der Waals surface area contributed by atoms with Crippen LogP contribution < -0.4 is 4.74 Å². The summed E-state index contributed by atoms with van der Waals surface area (Å²) in [5.74, 6) is 0.744. The first kappa shape index (κ1) is 25.3. The molecule has 0 atom stereocenters. The first-order valence-electron chi connectivity index (χ1n) is 10.0. The average Bonchev–Trinajstić information content (AvgIpc) is 2.73. The SMILES string of the molecule is CC(=O)/C=C(/C)O.COc1ccc(C)c2c(C)cc(-c3[c-]cc4ccccc4c3)nc12.[Ir]. The smallest absolute Gasteiger partial charge is 0.155 e. The normalized spacial score (nSPS) is 10.8. The van der Waals surface area contributed by atoms with Crippen LogP contribution in [0.4, 0.5) is 0 Å². The number of allylic oxidation sites excluding steroid dienone is 2. The molecule has 167 valence electrons. The number of hydrogen-bond donors (Lipinski definition) is 1. The van der Waals surface area contributed by atoms with Gasteiger partial charge in [0.05, 0.1) is 12.9 Å². The molecule has 4 aromatic rings. The number of hydrogen-bond acceptors (Lipinski definition) is 4. The van der Waals surface area contributed by atoms with Crippen LogP contribution in [0.3, 0.4) is 0 Å². The van der Waals surface area contributed by atoms with Crippen LogP contribution >= 0.6 is 0 Å². The summed E-state index contributed by atoms with van der Waals surface area (Å²) in [6.07, 6.45) is 1.17. The van der Waals surface area contributed by atoms with Crippen molar-refractivity contribution >= 4 is 27.5 Å². The summed E-state index contributed by atoms with van der Waals surface area (Å²) in [6.45, 7) is 7.08. The molecule has 0 spiro atoms. The Morgan fingerprint density at radius 3 is 2.31 bits per heavy atom. The van der Waals surface area contributed by atoms with Gasteiger partial charge < -0.3 is 9.84 Å². The quantitative estimate of drug-likeness (QED) is 0.165. The van der Waals surface area contributed by atoms with E-state index in [1.165, 1.54) is 47.2 Å². The van der Waals surface area contributed by atoms with Crippen molar-refractivity contribution in [3.63, 3.8) is 0 Å². The summed E-state index contributed by atoms with van der Waals surface area (Å²) in [5.41, 5.74) is 5.25. The van der Waals surface area contributed by atoms with E-state index >= 15 is 0 Å². The molecule has 0 aliphatic carbocycles. The molecule has 32 heavy (non-hydrogen) atoms. The molecule has 0 aliphatic heterocycles. The monoisotopic (exact) mass is 605 g/mol. The predicted molar refractivity (Wildman–Crippen MR) is 127 cm³/mol. The number of carbonyl (C=O) groups excluding carboxylic acids is 1. The molecule has 5 heteroatoms. The number of ether oxygens (including phenoxy) is 1. The number of aliphatic hydroxyl groups excluding tert-OH is 1. The molecule has 4 rings (SSSR count). The fourth-order valence-electron chi connectivity index (χ4n) is 3.58. The summed E-state index contributed by atoms with van der Waals surface area (Å²) in [4.78, 5) is 14.9. The number of pyridine rings is 1. The van der Waals surface area contributed by atoms with Crippen LogP contribution in [0.25, 0.3) is 32.9 Å². The zero-order chi connectivity index (χ0) is 22.5. The van der Waals surface area contributed by atoms with E-state index in [4.69, 9.17) is 14.8 Å². The Morgan fingerprint density at radius 2 is 1.72 bits per heavy atom. The fraction of sp³-hybridized carbons (Fsp3) is 0.185. The molecule has 0 bridgehead atoms. The summed E-state index contributed by atoms with van der Waals surface area (Å²) in [7, 11) is 1.69. The van der Waals surface area contributed by atoms with Gasteiger partial charge in [-0.05, 0) is 50.6 Å². The summed E-state index contributed by atoms with van der Waals surface area (Å²) < 4.78 is 5.53. The molecule has 0 saturated heterocycles. The first-order chi connectivity index (χ1) is 14.8. The van der Waals surface area contributed by atoms with Crippen LogP contribution in [0.5, 0.6) is 5.75 Å². The average molecular weight is 605 g/mol. The van der Waals surface area contributed by atoms with Crippen LogP contribution in [-0.2, 0) is 24.9 Å². The minimum atomic E-state index is -0.125. The van der Waals surface area contributed by atoms with E-state index in [0.29, 0.717) is 0 Å². The Kier molecular flexibility index (Phi) is 8.71. The molecule has 0 fully saturated rings. The molecule has 0 aliphatic rings. The van der Waals surface area contributed by atoms with Gasteiger partial charge in [-0.3, -0.25) is 9.78 Å². The van der Waals surface area contributed by atoms with Crippen LogP contribution in [0.15, 0.2) is 66.4 Å². The van der Waals surface area contributed by atoms with E-state index in [-0.39, 0.29) is 31.6 Å². The van der Waals surface area contributed by atoms with Gasteiger partial charge in [0, 0.05) is 31.6 Å². The molecule has 4 nitrogen and oxygen atoms in total. The van der Waals surface area contributed by atoms with Crippen molar-refractivity contribution < 1.29 is 34.7 Å². The molecule has 1 heterocycles. The van der Waals surface area contributed by atoms with E-state index in [1.54, 1.807) is 7.11 Å². The maximum absolute atomic E-state index is 10.0. The van der Waals surface area contributed by atoms with Gasteiger partial charge in [-0.25, -0.2) is 0 Å². The molecule has 1 aromatic heterocycles. The second kappa shape index (κ2) is 11.0. The fourth-order valence-corrected chi connectivity index (χ4v) is 3.58. The zero-order valence-corrected chi connectivity index (χ0v) is 21.2. The summed E-state index contributed by atoms with van der Waals surface area (Å²) in [6, 6.07) is 22.1. The predicted octanol–water partition coefficient (Wildman–Crippen LogP) is 6.52. The number of benzene rings is 3. The molecule has 0 unspecified atom stereocenters.